The van der Waals surface area contributed by atoms with Gasteiger partial charge in [-0.05, 0) is 55.8 Å². The molecule has 0 aliphatic carbocycles. The standard InChI is InChI=1S/C26H23FN4O5S/c1-3-6-18-14-20(32)31-21(23(33)29-19-8-5-7-15(13-19)25(35)36-4-2)22(37-26(31)30-18)24(34)28-17-11-9-16(27)10-12-17/h5,7-14H,3-4,6H2,1-2H3,(H,28,34)(H,29,33). The number of nitrogens with one attached hydrogen (secondary N) is 2. The highest BCUT2D eigenvalue weighted by Gasteiger charge is 2.27. The van der Waals surface area contributed by atoms with E-state index in [1.54, 1.807) is 25.1 Å². The van der Waals surface area contributed by atoms with Gasteiger partial charge in [-0.1, -0.05) is 30.7 Å². The van der Waals surface area contributed by atoms with Crippen molar-refractivity contribution in [2.24, 2.45) is 0 Å². The Hall–Kier alpha value is -4.38. The van der Waals surface area contributed by atoms with E-state index in [1.807, 2.05) is 6.92 Å². The smallest absolute Gasteiger partial charge is 0.338 e. The predicted molar refractivity (Wildman–Crippen MR) is 138 cm³/mol. The minimum absolute atomic E-state index is 0.0541. The van der Waals surface area contributed by atoms with Crippen LogP contribution in [0.4, 0.5) is 15.8 Å². The van der Waals surface area contributed by atoms with E-state index >= 15 is 0 Å². The molecule has 0 bridgehead atoms. The maximum atomic E-state index is 13.4. The van der Waals surface area contributed by atoms with Gasteiger partial charge in [0.05, 0.1) is 12.2 Å². The molecule has 2 heterocycles. The van der Waals surface area contributed by atoms with Gasteiger partial charge in [-0.15, -0.1) is 0 Å². The Morgan fingerprint density at radius 1 is 1.00 bits per heavy atom. The van der Waals surface area contributed by atoms with Crippen LogP contribution >= 0.6 is 11.3 Å². The third kappa shape index (κ3) is 5.72. The largest absolute Gasteiger partial charge is 0.462 e. The highest BCUT2D eigenvalue weighted by atomic mass is 32.1. The summed E-state index contributed by atoms with van der Waals surface area (Å²) in [5, 5.41) is 5.27. The lowest BCUT2D eigenvalue weighted by Gasteiger charge is -2.09. The van der Waals surface area contributed by atoms with Crippen LogP contribution in [0.5, 0.6) is 0 Å². The summed E-state index contributed by atoms with van der Waals surface area (Å²) < 4.78 is 19.4. The summed E-state index contributed by atoms with van der Waals surface area (Å²) in [6.07, 6.45) is 1.32. The van der Waals surface area contributed by atoms with Gasteiger partial charge in [-0.2, -0.15) is 0 Å². The van der Waals surface area contributed by atoms with Crippen molar-refractivity contribution in [3.05, 3.63) is 92.6 Å². The maximum absolute atomic E-state index is 13.4. The number of anilines is 2. The number of halogens is 1. The van der Waals surface area contributed by atoms with E-state index < -0.39 is 29.2 Å². The molecule has 4 aromatic rings. The number of benzene rings is 2. The minimum Gasteiger partial charge on any atom is -0.462 e. The normalized spacial score (nSPS) is 10.8. The minimum atomic E-state index is -0.747. The number of aryl methyl sites for hydroxylation is 1. The maximum Gasteiger partial charge on any atom is 0.338 e. The molecular weight excluding hydrogens is 499 g/mol. The predicted octanol–water partition coefficient (Wildman–Crippen LogP) is 4.53. The van der Waals surface area contributed by atoms with Crippen molar-refractivity contribution < 1.29 is 23.5 Å². The molecule has 37 heavy (non-hydrogen) atoms. The van der Waals surface area contributed by atoms with Crippen molar-refractivity contribution in [3.63, 3.8) is 0 Å². The molecule has 0 saturated heterocycles. The molecule has 190 valence electrons. The first-order valence-electron chi connectivity index (χ1n) is 11.5. The Bertz CT molecular complexity index is 1550. The Kier molecular flexibility index (Phi) is 7.73. The van der Waals surface area contributed by atoms with Crippen molar-refractivity contribution in [2.75, 3.05) is 17.2 Å². The number of thiazole rings is 1. The fourth-order valence-electron chi connectivity index (χ4n) is 3.61. The van der Waals surface area contributed by atoms with Crippen molar-refractivity contribution in [2.45, 2.75) is 26.7 Å². The molecule has 0 unspecified atom stereocenters. The van der Waals surface area contributed by atoms with Gasteiger partial charge in [0.1, 0.15) is 16.4 Å². The average molecular weight is 523 g/mol. The molecule has 0 fully saturated rings. The summed E-state index contributed by atoms with van der Waals surface area (Å²) in [6, 6.07) is 12.6. The quantitative estimate of drug-likeness (QED) is 0.328. The number of carbonyl (C=O) groups excluding carboxylic acids is 3. The van der Waals surface area contributed by atoms with Crippen LogP contribution in [0.3, 0.4) is 0 Å². The van der Waals surface area contributed by atoms with Gasteiger partial charge in [-0.25, -0.2) is 18.6 Å². The molecule has 2 aromatic carbocycles. The molecule has 2 aromatic heterocycles. The van der Waals surface area contributed by atoms with Gasteiger partial charge in [0, 0.05) is 23.1 Å². The Morgan fingerprint density at radius 2 is 1.73 bits per heavy atom. The van der Waals surface area contributed by atoms with E-state index in [4.69, 9.17) is 4.74 Å². The van der Waals surface area contributed by atoms with Gasteiger partial charge in [0.25, 0.3) is 17.4 Å². The zero-order chi connectivity index (χ0) is 26.5. The van der Waals surface area contributed by atoms with Crippen LogP contribution in [0.25, 0.3) is 4.96 Å². The van der Waals surface area contributed by atoms with Crippen LogP contribution in [0.15, 0.2) is 59.4 Å². The molecule has 9 nitrogen and oxygen atoms in total. The van der Waals surface area contributed by atoms with Crippen molar-refractivity contribution in [3.8, 4) is 0 Å². The molecule has 0 spiro atoms. The van der Waals surface area contributed by atoms with Crippen LogP contribution in [-0.4, -0.2) is 33.8 Å². The summed E-state index contributed by atoms with van der Waals surface area (Å²) in [7, 11) is 0. The molecule has 2 amide bonds. The van der Waals surface area contributed by atoms with Crippen LogP contribution in [0, 0.1) is 5.82 Å². The zero-order valence-electron chi connectivity index (χ0n) is 20.0. The third-order valence-electron chi connectivity index (χ3n) is 5.23. The van der Waals surface area contributed by atoms with Crippen molar-refractivity contribution in [1.82, 2.24) is 9.38 Å². The van der Waals surface area contributed by atoms with E-state index in [1.165, 1.54) is 36.4 Å². The lowest BCUT2D eigenvalue weighted by atomic mass is 10.2. The van der Waals surface area contributed by atoms with Crippen LogP contribution in [0.1, 0.15) is 56.5 Å². The molecule has 0 atom stereocenters. The number of fused-ring (bicyclic) bond motifs is 1. The van der Waals surface area contributed by atoms with Crippen molar-refractivity contribution in [1.29, 1.82) is 0 Å². The Morgan fingerprint density at radius 3 is 2.43 bits per heavy atom. The lowest BCUT2D eigenvalue weighted by Crippen LogP contribution is -2.25. The fraction of sp³-hybridized carbons (Fsp3) is 0.192. The van der Waals surface area contributed by atoms with E-state index in [-0.39, 0.29) is 33.4 Å². The number of amides is 2. The van der Waals surface area contributed by atoms with Gasteiger partial charge >= 0.3 is 5.97 Å². The molecular formula is C26H23FN4O5S. The zero-order valence-corrected chi connectivity index (χ0v) is 20.9. The number of carbonyl (C=O) groups is 3. The van der Waals surface area contributed by atoms with E-state index in [0.29, 0.717) is 17.8 Å². The van der Waals surface area contributed by atoms with Gasteiger partial charge in [0.15, 0.2) is 4.96 Å². The number of esters is 1. The molecule has 4 rings (SSSR count). The molecule has 11 heteroatoms. The lowest BCUT2D eigenvalue weighted by molar-refractivity contribution is 0.0526. The number of nitrogens with zero attached hydrogens (tertiary/aromatic N) is 2. The molecule has 2 N–H and O–H groups in total. The number of hydrogen-bond donors (Lipinski definition) is 2. The topological polar surface area (TPSA) is 119 Å². The van der Waals surface area contributed by atoms with Gasteiger partial charge in [0.2, 0.25) is 0 Å². The Balaban J connectivity index is 1.76. The number of aromatic nitrogens is 2. The van der Waals surface area contributed by atoms with Crippen molar-refractivity contribution >= 4 is 45.5 Å². The highest BCUT2D eigenvalue weighted by Crippen LogP contribution is 2.24. The van der Waals surface area contributed by atoms with Crippen LogP contribution in [0.2, 0.25) is 0 Å². The Labute approximate surface area is 214 Å². The molecule has 0 aliphatic heterocycles. The number of hydrogen-bond acceptors (Lipinski definition) is 7. The van der Waals surface area contributed by atoms with E-state index in [0.717, 1.165) is 22.2 Å². The monoisotopic (exact) mass is 522 g/mol. The first kappa shape index (κ1) is 25.7. The first-order chi connectivity index (χ1) is 17.8. The second-order valence-electron chi connectivity index (χ2n) is 7.95. The summed E-state index contributed by atoms with van der Waals surface area (Å²) in [6.45, 7) is 3.82. The summed E-state index contributed by atoms with van der Waals surface area (Å²) >= 11 is 0.893. The molecule has 0 saturated carbocycles. The summed E-state index contributed by atoms with van der Waals surface area (Å²) in [5.41, 5.74) is 0.644. The van der Waals surface area contributed by atoms with E-state index in [2.05, 4.69) is 15.6 Å². The SMILES string of the molecule is CCCc1cc(=O)n2c(C(=O)Nc3cccc(C(=O)OCC)c3)c(C(=O)Nc3ccc(F)cc3)sc2n1. The average Bonchev–Trinajstić information content (AvgIpc) is 3.26. The van der Waals surface area contributed by atoms with E-state index in [9.17, 15) is 23.6 Å². The fourth-order valence-corrected chi connectivity index (χ4v) is 4.66. The molecule has 0 aliphatic rings. The second kappa shape index (κ2) is 11.1. The third-order valence-corrected chi connectivity index (χ3v) is 6.27. The number of rotatable bonds is 8. The summed E-state index contributed by atoms with van der Waals surface area (Å²) in [4.78, 5) is 56.4. The highest BCUT2D eigenvalue weighted by molar-refractivity contribution is 7.19. The summed E-state index contributed by atoms with van der Waals surface area (Å²) in [5.74, 6) is -2.43. The van der Waals surface area contributed by atoms with Gasteiger partial charge in [-0.3, -0.25) is 14.4 Å². The number of ether oxygens (including phenoxy) is 1. The molecule has 0 radical (unpaired) electrons. The van der Waals surface area contributed by atoms with Crippen LogP contribution < -0.4 is 16.2 Å². The first-order valence-corrected chi connectivity index (χ1v) is 12.3. The van der Waals surface area contributed by atoms with Gasteiger partial charge < -0.3 is 15.4 Å². The van der Waals surface area contributed by atoms with Crippen LogP contribution in [-0.2, 0) is 11.2 Å². The second-order valence-corrected chi connectivity index (χ2v) is 8.93.